The fraction of sp³-hybridized carbons (Fsp3) is 0. The maximum atomic E-state index is 12.6. The zero-order valence-electron chi connectivity index (χ0n) is 5.41. The average molecular weight is 156 g/mol. The van der Waals surface area contributed by atoms with E-state index in [1.54, 1.807) is 0 Å². The number of carboxylic acids is 1. The lowest BCUT2D eigenvalue weighted by atomic mass is 10.4. The quantitative estimate of drug-likeness (QED) is 0.622. The number of nitrogens with zero attached hydrogens (tertiary/aromatic N) is 1. The van der Waals surface area contributed by atoms with Gasteiger partial charge in [0, 0.05) is 0 Å². The Bertz CT molecular complexity index is 279. The van der Waals surface area contributed by atoms with Gasteiger partial charge in [0.1, 0.15) is 0 Å². The molecule has 0 spiro atoms. The summed E-state index contributed by atoms with van der Waals surface area (Å²) in [6.07, 6.45) is 2.94. The lowest BCUT2D eigenvalue weighted by Crippen LogP contribution is -1.88. The molecule has 0 aromatic carbocycles. The van der Waals surface area contributed by atoms with Crippen molar-refractivity contribution in [1.29, 1.82) is 0 Å². The number of aromatic amines is 1. The Kier molecular flexibility index (Phi) is 2.00. The summed E-state index contributed by atoms with van der Waals surface area (Å²) in [5.74, 6) is -2.16. The number of halogens is 1. The Labute approximate surface area is 61.4 Å². The zero-order valence-corrected chi connectivity index (χ0v) is 5.41. The molecule has 1 aromatic rings. The van der Waals surface area contributed by atoms with Crippen molar-refractivity contribution in [3.8, 4) is 0 Å². The van der Waals surface area contributed by atoms with Crippen LogP contribution in [0.2, 0.25) is 0 Å². The third-order valence-electron chi connectivity index (χ3n) is 1.01. The van der Waals surface area contributed by atoms with E-state index in [1.807, 2.05) is 0 Å². The minimum absolute atomic E-state index is 0.0624. The van der Waals surface area contributed by atoms with Gasteiger partial charge in [-0.1, -0.05) is 0 Å². The number of aromatic nitrogens is 2. The van der Waals surface area contributed by atoms with Crippen molar-refractivity contribution in [1.82, 2.24) is 9.97 Å². The third-order valence-corrected chi connectivity index (χ3v) is 1.01. The highest BCUT2D eigenvalue weighted by atomic mass is 19.1. The van der Waals surface area contributed by atoms with Crippen LogP contribution < -0.4 is 0 Å². The number of rotatable bonds is 2. The molecule has 2 N–H and O–H groups in total. The van der Waals surface area contributed by atoms with Crippen molar-refractivity contribution in [2.75, 3.05) is 0 Å². The van der Waals surface area contributed by atoms with Crippen LogP contribution in [0.1, 0.15) is 5.69 Å². The van der Waals surface area contributed by atoms with Crippen LogP contribution in [0.5, 0.6) is 0 Å². The van der Waals surface area contributed by atoms with E-state index >= 15 is 0 Å². The second kappa shape index (κ2) is 2.96. The first-order valence-electron chi connectivity index (χ1n) is 2.79. The van der Waals surface area contributed by atoms with Gasteiger partial charge in [-0.25, -0.2) is 14.2 Å². The highest BCUT2D eigenvalue weighted by molar-refractivity contribution is 5.87. The molecular formula is C6H5FN2O2. The van der Waals surface area contributed by atoms with Crippen molar-refractivity contribution in [2.45, 2.75) is 0 Å². The van der Waals surface area contributed by atoms with Crippen LogP contribution in [0.25, 0.3) is 5.83 Å². The number of imidazole rings is 1. The molecule has 0 amide bonds. The lowest BCUT2D eigenvalue weighted by molar-refractivity contribution is -0.131. The van der Waals surface area contributed by atoms with Crippen molar-refractivity contribution >= 4 is 11.8 Å². The molecule has 0 fully saturated rings. The standard InChI is InChI=1S/C6H5FN2O2/c7-4(1-6(10)11)5-2-8-3-9-5/h1-3H,(H,8,9)(H,10,11)/b4-1-. The highest BCUT2D eigenvalue weighted by Gasteiger charge is 2.02. The van der Waals surface area contributed by atoms with Crippen LogP contribution in [0.4, 0.5) is 4.39 Å². The molecule has 0 saturated carbocycles. The fourth-order valence-corrected chi connectivity index (χ4v) is 0.573. The van der Waals surface area contributed by atoms with Crippen LogP contribution in [-0.4, -0.2) is 21.0 Å². The van der Waals surface area contributed by atoms with Crippen molar-refractivity contribution < 1.29 is 14.3 Å². The molecule has 0 atom stereocenters. The number of carbonyl (C=O) groups is 1. The molecule has 0 bridgehead atoms. The summed E-state index contributed by atoms with van der Waals surface area (Å²) in [5, 5.41) is 8.13. The maximum Gasteiger partial charge on any atom is 0.331 e. The molecule has 0 aliphatic carbocycles. The van der Waals surface area contributed by atoms with E-state index in [4.69, 9.17) is 5.11 Å². The first kappa shape index (κ1) is 7.46. The number of aliphatic carboxylic acids is 1. The Morgan fingerprint density at radius 1 is 1.82 bits per heavy atom. The fourth-order valence-electron chi connectivity index (χ4n) is 0.573. The van der Waals surface area contributed by atoms with Gasteiger partial charge >= 0.3 is 5.97 Å². The summed E-state index contributed by atoms with van der Waals surface area (Å²) < 4.78 is 12.6. The first-order valence-corrected chi connectivity index (χ1v) is 2.79. The summed E-state index contributed by atoms with van der Waals surface area (Å²) in [5.41, 5.74) is 0.0624. The smallest absolute Gasteiger partial charge is 0.331 e. The Morgan fingerprint density at radius 2 is 2.55 bits per heavy atom. The van der Waals surface area contributed by atoms with Gasteiger partial charge in [-0.15, -0.1) is 0 Å². The second-order valence-electron chi connectivity index (χ2n) is 1.80. The third kappa shape index (κ3) is 1.89. The SMILES string of the molecule is O=C(O)/C=C(\F)c1cnc[nH]1. The molecule has 1 heterocycles. The van der Waals surface area contributed by atoms with E-state index in [2.05, 4.69) is 9.97 Å². The second-order valence-corrected chi connectivity index (χ2v) is 1.80. The Hall–Kier alpha value is -1.65. The summed E-state index contributed by atoms with van der Waals surface area (Å²) in [6.45, 7) is 0. The van der Waals surface area contributed by atoms with Gasteiger partial charge in [-0.05, 0) is 0 Å². The molecule has 0 saturated heterocycles. The molecule has 1 rings (SSSR count). The van der Waals surface area contributed by atoms with Gasteiger partial charge in [0.15, 0.2) is 5.83 Å². The van der Waals surface area contributed by atoms with E-state index in [0.29, 0.717) is 6.08 Å². The number of hydrogen-bond acceptors (Lipinski definition) is 2. The number of nitrogens with one attached hydrogen (secondary N) is 1. The molecule has 0 aliphatic rings. The Balaban J connectivity index is 2.86. The van der Waals surface area contributed by atoms with Gasteiger partial charge in [-0.3, -0.25) is 0 Å². The first-order chi connectivity index (χ1) is 5.20. The predicted octanol–water partition coefficient (Wildman–Crippen LogP) is 0.805. The average Bonchev–Trinajstić information content (AvgIpc) is 2.35. The molecule has 0 aliphatic heterocycles. The minimum atomic E-state index is -1.32. The molecule has 0 radical (unpaired) electrons. The van der Waals surface area contributed by atoms with E-state index in [1.165, 1.54) is 12.5 Å². The van der Waals surface area contributed by atoms with Crippen LogP contribution in [0, 0.1) is 0 Å². The van der Waals surface area contributed by atoms with Crippen LogP contribution in [0.3, 0.4) is 0 Å². The molecular weight excluding hydrogens is 151 g/mol. The van der Waals surface area contributed by atoms with Crippen molar-refractivity contribution in [2.24, 2.45) is 0 Å². The topological polar surface area (TPSA) is 66.0 Å². The van der Waals surface area contributed by atoms with Crippen LogP contribution >= 0.6 is 0 Å². The zero-order chi connectivity index (χ0) is 8.27. The van der Waals surface area contributed by atoms with Gasteiger partial charge < -0.3 is 10.1 Å². The number of H-pyrrole nitrogens is 1. The lowest BCUT2D eigenvalue weighted by Gasteiger charge is -1.87. The van der Waals surface area contributed by atoms with Crippen LogP contribution in [-0.2, 0) is 4.79 Å². The Morgan fingerprint density at radius 3 is 3.00 bits per heavy atom. The molecule has 0 unspecified atom stereocenters. The summed E-state index contributed by atoms with van der Waals surface area (Å²) in [7, 11) is 0. The molecule has 11 heavy (non-hydrogen) atoms. The van der Waals surface area contributed by atoms with Gasteiger partial charge in [0.2, 0.25) is 0 Å². The van der Waals surface area contributed by atoms with Gasteiger partial charge in [0.25, 0.3) is 0 Å². The summed E-state index contributed by atoms with van der Waals surface area (Å²) in [4.78, 5) is 15.9. The van der Waals surface area contributed by atoms with Gasteiger partial charge in [-0.2, -0.15) is 0 Å². The summed E-state index contributed by atoms with van der Waals surface area (Å²) in [6, 6.07) is 0. The highest BCUT2D eigenvalue weighted by Crippen LogP contribution is 2.10. The number of hydrogen-bond donors (Lipinski definition) is 2. The summed E-state index contributed by atoms with van der Waals surface area (Å²) >= 11 is 0. The molecule has 58 valence electrons. The van der Waals surface area contributed by atoms with E-state index in [-0.39, 0.29) is 5.69 Å². The van der Waals surface area contributed by atoms with E-state index < -0.39 is 11.8 Å². The van der Waals surface area contributed by atoms with Crippen LogP contribution in [0.15, 0.2) is 18.6 Å². The minimum Gasteiger partial charge on any atom is -0.478 e. The number of carboxylic acid groups (broad SMARTS) is 1. The predicted molar refractivity (Wildman–Crippen MR) is 35.3 cm³/mol. The molecule has 1 aromatic heterocycles. The monoisotopic (exact) mass is 156 g/mol. The largest absolute Gasteiger partial charge is 0.478 e. The maximum absolute atomic E-state index is 12.6. The van der Waals surface area contributed by atoms with Crippen molar-refractivity contribution in [3.63, 3.8) is 0 Å². The van der Waals surface area contributed by atoms with Crippen molar-refractivity contribution in [3.05, 3.63) is 24.3 Å². The normalized spacial score (nSPS) is 11.5. The molecule has 5 heteroatoms. The van der Waals surface area contributed by atoms with Gasteiger partial charge in [0.05, 0.1) is 24.3 Å². The van der Waals surface area contributed by atoms with E-state index in [0.717, 1.165) is 0 Å². The molecule has 4 nitrogen and oxygen atoms in total. The van der Waals surface area contributed by atoms with E-state index in [9.17, 15) is 9.18 Å².